The first kappa shape index (κ1) is 18.7. The van der Waals surface area contributed by atoms with Gasteiger partial charge in [-0.15, -0.1) is 0 Å². The Balaban J connectivity index is 1.39. The van der Waals surface area contributed by atoms with E-state index in [-0.39, 0.29) is 17.7 Å². The zero-order valence-corrected chi connectivity index (χ0v) is 15.9. The monoisotopic (exact) mass is 392 g/mol. The molecule has 0 bridgehead atoms. The average molecular weight is 392 g/mol. The maximum absolute atomic E-state index is 12.3. The Morgan fingerprint density at radius 1 is 1.07 bits per heavy atom. The molecule has 3 aromatic rings. The maximum atomic E-state index is 12.3. The topological polar surface area (TPSA) is 97.6 Å². The third-order valence-corrected chi connectivity index (χ3v) is 4.72. The number of rotatable bonds is 6. The van der Waals surface area contributed by atoms with Crippen molar-refractivity contribution in [3.8, 4) is 0 Å². The first-order chi connectivity index (χ1) is 14.0. The molecule has 0 atom stereocenters. The number of ether oxygens (including phenoxy) is 1. The van der Waals surface area contributed by atoms with E-state index in [4.69, 9.17) is 9.15 Å². The Kier molecular flexibility index (Phi) is 5.03. The third-order valence-electron chi connectivity index (χ3n) is 4.72. The Hall–Kier alpha value is -3.61. The van der Waals surface area contributed by atoms with Crippen molar-refractivity contribution in [3.63, 3.8) is 0 Å². The minimum atomic E-state index is -0.714. The van der Waals surface area contributed by atoms with E-state index in [0.29, 0.717) is 22.4 Å². The van der Waals surface area contributed by atoms with Crippen molar-refractivity contribution >= 4 is 34.4 Å². The Morgan fingerprint density at radius 2 is 1.79 bits per heavy atom. The molecule has 1 aliphatic rings. The van der Waals surface area contributed by atoms with Gasteiger partial charge in [0.1, 0.15) is 5.58 Å². The molecule has 7 heteroatoms. The van der Waals surface area contributed by atoms with Crippen LogP contribution in [0, 0.1) is 6.92 Å². The molecule has 0 aliphatic heterocycles. The number of amides is 2. The molecule has 148 valence electrons. The summed E-state index contributed by atoms with van der Waals surface area (Å²) < 4.78 is 10.6. The number of carbonyl (C=O) groups excluding carboxylic acids is 3. The van der Waals surface area contributed by atoms with Gasteiger partial charge in [0.2, 0.25) is 5.76 Å². The van der Waals surface area contributed by atoms with Crippen LogP contribution in [-0.4, -0.2) is 30.4 Å². The number of furan rings is 1. The van der Waals surface area contributed by atoms with Crippen molar-refractivity contribution < 1.29 is 23.5 Å². The van der Waals surface area contributed by atoms with Crippen LogP contribution in [0.5, 0.6) is 0 Å². The lowest BCUT2D eigenvalue weighted by atomic mass is 10.1. The highest BCUT2D eigenvalue weighted by Gasteiger charge is 2.25. The van der Waals surface area contributed by atoms with Gasteiger partial charge in [-0.25, -0.2) is 4.79 Å². The number of carbonyl (C=O) groups is 3. The van der Waals surface area contributed by atoms with Crippen LogP contribution in [0.3, 0.4) is 0 Å². The lowest BCUT2D eigenvalue weighted by molar-refractivity contribution is -0.119. The van der Waals surface area contributed by atoms with Crippen LogP contribution in [0.15, 0.2) is 52.9 Å². The molecule has 2 amide bonds. The van der Waals surface area contributed by atoms with E-state index >= 15 is 0 Å². The van der Waals surface area contributed by atoms with Crippen molar-refractivity contribution in [2.45, 2.75) is 25.8 Å². The van der Waals surface area contributed by atoms with Crippen LogP contribution >= 0.6 is 0 Å². The number of nitrogens with one attached hydrogen (secondary N) is 2. The minimum absolute atomic E-state index is 0.0724. The summed E-state index contributed by atoms with van der Waals surface area (Å²) in [5.74, 6) is -1.42. The van der Waals surface area contributed by atoms with Gasteiger partial charge in [0.15, 0.2) is 6.61 Å². The molecule has 0 saturated heterocycles. The highest BCUT2D eigenvalue weighted by Crippen LogP contribution is 2.25. The standard InChI is InChI=1S/C22H20N2O5/c1-13-15-6-3-5-9-18(15)29-20(13)22(27)28-12-19(25)24-17-8-4-2-7-16(17)21(26)23-14-10-11-14/h2-9,14H,10-12H2,1H3,(H,23,26)(H,24,25). The van der Waals surface area contributed by atoms with E-state index in [9.17, 15) is 14.4 Å². The molecule has 2 N–H and O–H groups in total. The SMILES string of the molecule is Cc1c(C(=O)OCC(=O)Nc2ccccc2C(=O)NC2CC2)oc2ccccc12. The van der Waals surface area contributed by atoms with Crippen molar-refractivity contribution in [1.82, 2.24) is 5.32 Å². The maximum Gasteiger partial charge on any atom is 0.375 e. The van der Waals surface area contributed by atoms with Gasteiger partial charge in [0.25, 0.3) is 11.8 Å². The first-order valence-corrected chi connectivity index (χ1v) is 9.38. The van der Waals surface area contributed by atoms with Crippen molar-refractivity contribution in [3.05, 3.63) is 65.4 Å². The lowest BCUT2D eigenvalue weighted by Gasteiger charge is -2.11. The summed E-state index contributed by atoms with van der Waals surface area (Å²) >= 11 is 0. The Labute approximate surface area is 167 Å². The molecule has 1 heterocycles. The highest BCUT2D eigenvalue weighted by atomic mass is 16.5. The summed E-state index contributed by atoms with van der Waals surface area (Å²) in [4.78, 5) is 36.9. The normalized spacial score (nSPS) is 13.1. The minimum Gasteiger partial charge on any atom is -0.450 e. The predicted octanol–water partition coefficient (Wildman–Crippen LogP) is 3.43. The van der Waals surface area contributed by atoms with Gasteiger partial charge in [-0.05, 0) is 38.0 Å². The molecule has 0 radical (unpaired) electrons. The highest BCUT2D eigenvalue weighted by molar-refractivity contribution is 6.04. The van der Waals surface area contributed by atoms with Crippen molar-refractivity contribution in [2.75, 3.05) is 11.9 Å². The summed E-state index contributed by atoms with van der Waals surface area (Å²) in [6.07, 6.45) is 1.94. The van der Waals surface area contributed by atoms with E-state index in [1.807, 2.05) is 18.2 Å². The van der Waals surface area contributed by atoms with Crippen molar-refractivity contribution in [1.29, 1.82) is 0 Å². The fourth-order valence-corrected chi connectivity index (χ4v) is 3.03. The molecule has 29 heavy (non-hydrogen) atoms. The van der Waals surface area contributed by atoms with E-state index < -0.39 is 18.5 Å². The average Bonchev–Trinajstić information content (AvgIpc) is 3.48. The van der Waals surface area contributed by atoms with E-state index in [1.54, 1.807) is 37.3 Å². The number of hydrogen-bond donors (Lipinski definition) is 2. The molecular weight excluding hydrogens is 372 g/mol. The van der Waals surface area contributed by atoms with Gasteiger partial charge in [-0.3, -0.25) is 9.59 Å². The molecule has 1 fully saturated rings. The molecule has 0 unspecified atom stereocenters. The Bertz CT molecular complexity index is 1100. The van der Waals surface area contributed by atoms with Gasteiger partial charge >= 0.3 is 5.97 Å². The van der Waals surface area contributed by atoms with Crippen molar-refractivity contribution in [2.24, 2.45) is 0 Å². The third kappa shape index (κ3) is 4.13. The van der Waals surface area contributed by atoms with Gasteiger partial charge in [0.05, 0.1) is 11.3 Å². The number of anilines is 1. The molecule has 7 nitrogen and oxygen atoms in total. The first-order valence-electron chi connectivity index (χ1n) is 9.38. The number of aryl methyl sites for hydroxylation is 1. The smallest absolute Gasteiger partial charge is 0.375 e. The number of esters is 1. The molecule has 0 spiro atoms. The summed E-state index contributed by atoms with van der Waals surface area (Å²) in [6.45, 7) is 1.27. The molecule has 2 aromatic carbocycles. The number of hydrogen-bond acceptors (Lipinski definition) is 5. The molecule has 1 saturated carbocycles. The van der Waals surface area contributed by atoms with Gasteiger partial charge in [-0.1, -0.05) is 30.3 Å². The molecular formula is C22H20N2O5. The second-order valence-electron chi connectivity index (χ2n) is 6.97. The van der Waals surface area contributed by atoms with Crippen LogP contribution in [-0.2, 0) is 9.53 Å². The number of benzene rings is 2. The summed E-state index contributed by atoms with van der Waals surface area (Å²) in [5, 5.41) is 6.33. The molecule has 4 rings (SSSR count). The van der Waals surface area contributed by atoms with Crippen LogP contribution < -0.4 is 10.6 Å². The van der Waals surface area contributed by atoms with Gasteiger partial charge in [0, 0.05) is 17.0 Å². The van der Waals surface area contributed by atoms with Crippen LogP contribution in [0.25, 0.3) is 11.0 Å². The molecule has 1 aliphatic carbocycles. The Morgan fingerprint density at radius 3 is 2.55 bits per heavy atom. The fourth-order valence-electron chi connectivity index (χ4n) is 3.03. The summed E-state index contributed by atoms with van der Waals surface area (Å²) in [6, 6.07) is 14.2. The lowest BCUT2D eigenvalue weighted by Crippen LogP contribution is -2.28. The van der Waals surface area contributed by atoms with Gasteiger partial charge in [-0.2, -0.15) is 0 Å². The van der Waals surface area contributed by atoms with E-state index in [1.165, 1.54) is 0 Å². The quantitative estimate of drug-likeness (QED) is 0.627. The van der Waals surface area contributed by atoms with Crippen LogP contribution in [0.1, 0.15) is 39.3 Å². The van der Waals surface area contributed by atoms with Gasteiger partial charge < -0.3 is 19.8 Å². The number of fused-ring (bicyclic) bond motifs is 1. The van der Waals surface area contributed by atoms with Crippen LogP contribution in [0.2, 0.25) is 0 Å². The van der Waals surface area contributed by atoms with E-state index in [0.717, 1.165) is 18.2 Å². The second-order valence-corrected chi connectivity index (χ2v) is 6.97. The number of para-hydroxylation sites is 2. The summed E-state index contributed by atoms with van der Waals surface area (Å²) in [7, 11) is 0. The largest absolute Gasteiger partial charge is 0.450 e. The summed E-state index contributed by atoms with van der Waals surface area (Å²) in [5.41, 5.74) is 1.98. The van der Waals surface area contributed by atoms with Crippen LogP contribution in [0.4, 0.5) is 5.69 Å². The van der Waals surface area contributed by atoms with E-state index in [2.05, 4.69) is 10.6 Å². The predicted molar refractivity (Wildman–Crippen MR) is 107 cm³/mol. The molecule has 1 aromatic heterocycles. The second kappa shape index (κ2) is 7.79. The zero-order valence-electron chi connectivity index (χ0n) is 15.9. The zero-order chi connectivity index (χ0) is 20.4. The fraction of sp³-hybridized carbons (Fsp3) is 0.227.